The van der Waals surface area contributed by atoms with Gasteiger partial charge in [-0.1, -0.05) is 12.1 Å². The van der Waals surface area contributed by atoms with Gasteiger partial charge in [-0.2, -0.15) is 9.37 Å². The van der Waals surface area contributed by atoms with Crippen molar-refractivity contribution in [2.75, 3.05) is 11.9 Å². The molecule has 1 N–H and O–H groups in total. The second kappa shape index (κ2) is 5.60. The number of benzene rings is 1. The molecule has 2 aromatic rings. The van der Waals surface area contributed by atoms with E-state index in [9.17, 15) is 13.2 Å². The zero-order valence-electron chi connectivity index (χ0n) is 10.1. The number of halogens is 3. The molecule has 0 aliphatic rings. The third kappa shape index (κ3) is 2.96. The summed E-state index contributed by atoms with van der Waals surface area (Å²) in [6.45, 7) is 2.22. The molecule has 0 saturated heterocycles. The van der Waals surface area contributed by atoms with Gasteiger partial charge in [-0.15, -0.1) is 0 Å². The number of nitrogens with one attached hydrogen (secondary N) is 1. The van der Waals surface area contributed by atoms with Crippen LogP contribution in [0.25, 0.3) is 0 Å². The molecule has 1 aromatic heterocycles. The van der Waals surface area contributed by atoms with Crippen molar-refractivity contribution in [1.82, 2.24) is 4.98 Å². The Kier molecular flexibility index (Phi) is 3.89. The van der Waals surface area contributed by atoms with Crippen LogP contribution in [0, 0.1) is 17.6 Å². The Morgan fingerprint density at radius 2 is 1.89 bits per heavy atom. The van der Waals surface area contributed by atoms with Crippen LogP contribution >= 0.6 is 0 Å². The van der Waals surface area contributed by atoms with Crippen LogP contribution in [0.15, 0.2) is 30.3 Å². The molecule has 2 rings (SSSR count). The van der Waals surface area contributed by atoms with Crippen molar-refractivity contribution in [3.05, 3.63) is 47.9 Å². The van der Waals surface area contributed by atoms with Gasteiger partial charge in [0.05, 0.1) is 12.3 Å². The largest absolute Gasteiger partial charge is 0.492 e. The minimum Gasteiger partial charge on any atom is -0.492 e. The molecule has 0 fully saturated rings. The van der Waals surface area contributed by atoms with Crippen molar-refractivity contribution >= 4 is 11.5 Å². The van der Waals surface area contributed by atoms with Gasteiger partial charge >= 0.3 is 0 Å². The second-order valence-corrected chi connectivity index (χ2v) is 3.65. The van der Waals surface area contributed by atoms with Crippen molar-refractivity contribution < 1.29 is 17.9 Å². The number of hydrogen-bond donors (Lipinski definition) is 1. The van der Waals surface area contributed by atoms with Crippen molar-refractivity contribution in [2.45, 2.75) is 6.92 Å². The van der Waals surface area contributed by atoms with Gasteiger partial charge in [-0.25, -0.2) is 8.78 Å². The molecule has 1 heterocycles. The van der Waals surface area contributed by atoms with E-state index < -0.39 is 23.4 Å². The first-order valence-electron chi connectivity index (χ1n) is 5.62. The van der Waals surface area contributed by atoms with Crippen molar-refractivity contribution in [3.8, 4) is 5.75 Å². The van der Waals surface area contributed by atoms with Gasteiger partial charge in [0.1, 0.15) is 5.75 Å². The van der Waals surface area contributed by atoms with Gasteiger partial charge in [-0.05, 0) is 19.1 Å². The molecule has 19 heavy (non-hydrogen) atoms. The average Bonchev–Trinajstić information content (AvgIpc) is 2.38. The zero-order chi connectivity index (χ0) is 13.8. The first-order chi connectivity index (χ1) is 9.11. The number of rotatable bonds is 4. The number of nitrogens with zero attached hydrogens (tertiary/aromatic N) is 1. The van der Waals surface area contributed by atoms with E-state index in [1.165, 1.54) is 0 Å². The standard InChI is InChI=1S/C13H11F3N2O/c1-2-19-11-6-4-3-5-10(11)17-13-9(15)7-8(14)12(16)18-13/h3-7H,2H2,1H3,(H,17,18). The molecular weight excluding hydrogens is 257 g/mol. The van der Waals surface area contributed by atoms with E-state index in [0.29, 0.717) is 24.1 Å². The Labute approximate surface area is 108 Å². The summed E-state index contributed by atoms with van der Waals surface area (Å²) in [7, 11) is 0. The van der Waals surface area contributed by atoms with E-state index in [0.717, 1.165) is 0 Å². The van der Waals surface area contributed by atoms with Gasteiger partial charge in [0.2, 0.25) is 0 Å². The quantitative estimate of drug-likeness (QED) is 0.859. The van der Waals surface area contributed by atoms with E-state index >= 15 is 0 Å². The minimum absolute atomic E-state index is 0.397. The highest BCUT2D eigenvalue weighted by Gasteiger charge is 2.13. The van der Waals surface area contributed by atoms with Crippen LogP contribution in [0.4, 0.5) is 24.7 Å². The Morgan fingerprint density at radius 1 is 1.16 bits per heavy atom. The van der Waals surface area contributed by atoms with E-state index in [-0.39, 0.29) is 0 Å². The fourth-order valence-electron chi connectivity index (χ4n) is 1.51. The highest BCUT2D eigenvalue weighted by Crippen LogP contribution is 2.28. The first kappa shape index (κ1) is 13.2. The lowest BCUT2D eigenvalue weighted by atomic mass is 10.3. The zero-order valence-corrected chi connectivity index (χ0v) is 10.1. The molecule has 100 valence electrons. The Morgan fingerprint density at radius 3 is 2.63 bits per heavy atom. The number of ether oxygens (including phenoxy) is 1. The fourth-order valence-corrected chi connectivity index (χ4v) is 1.51. The summed E-state index contributed by atoms with van der Waals surface area (Å²) in [5.74, 6) is -3.61. The van der Waals surface area contributed by atoms with Crippen LogP contribution in [0.1, 0.15) is 6.92 Å². The van der Waals surface area contributed by atoms with Crippen molar-refractivity contribution in [3.63, 3.8) is 0 Å². The Bertz CT molecular complexity index is 590. The number of hydrogen-bond acceptors (Lipinski definition) is 3. The average molecular weight is 268 g/mol. The van der Waals surface area contributed by atoms with E-state index in [1.54, 1.807) is 31.2 Å². The van der Waals surface area contributed by atoms with Gasteiger partial charge in [-0.3, -0.25) is 0 Å². The smallest absolute Gasteiger partial charge is 0.251 e. The van der Waals surface area contributed by atoms with Crippen LogP contribution in [-0.2, 0) is 0 Å². The number of anilines is 2. The minimum atomic E-state index is -1.36. The predicted octanol–water partition coefficient (Wildman–Crippen LogP) is 3.64. The lowest BCUT2D eigenvalue weighted by Gasteiger charge is -2.12. The third-order valence-electron chi connectivity index (χ3n) is 2.33. The summed E-state index contributed by atoms with van der Waals surface area (Å²) in [5.41, 5.74) is 0.418. The second-order valence-electron chi connectivity index (χ2n) is 3.65. The summed E-state index contributed by atoms with van der Waals surface area (Å²) >= 11 is 0. The lowest BCUT2D eigenvalue weighted by Crippen LogP contribution is -2.03. The van der Waals surface area contributed by atoms with Gasteiger partial charge in [0, 0.05) is 6.07 Å². The molecule has 0 bridgehead atoms. The normalized spacial score (nSPS) is 10.3. The van der Waals surface area contributed by atoms with E-state index in [1.807, 2.05) is 0 Å². The molecule has 1 aromatic carbocycles. The summed E-state index contributed by atoms with van der Waals surface area (Å²) < 4.78 is 44.5. The lowest BCUT2D eigenvalue weighted by molar-refractivity contribution is 0.342. The SMILES string of the molecule is CCOc1ccccc1Nc1nc(F)c(F)cc1F. The van der Waals surface area contributed by atoms with Gasteiger partial charge in [0.25, 0.3) is 5.95 Å². The summed E-state index contributed by atoms with van der Waals surface area (Å²) in [6.07, 6.45) is 0. The highest BCUT2D eigenvalue weighted by atomic mass is 19.2. The number of para-hydroxylation sites is 2. The van der Waals surface area contributed by atoms with Crippen LogP contribution in [0.3, 0.4) is 0 Å². The van der Waals surface area contributed by atoms with Crippen molar-refractivity contribution in [1.29, 1.82) is 0 Å². The molecule has 0 saturated carbocycles. The third-order valence-corrected chi connectivity index (χ3v) is 2.33. The van der Waals surface area contributed by atoms with Crippen LogP contribution in [0.2, 0.25) is 0 Å². The van der Waals surface area contributed by atoms with Crippen LogP contribution in [-0.4, -0.2) is 11.6 Å². The van der Waals surface area contributed by atoms with Crippen molar-refractivity contribution in [2.24, 2.45) is 0 Å². The molecule has 3 nitrogen and oxygen atoms in total. The Hall–Kier alpha value is -2.24. The van der Waals surface area contributed by atoms with E-state index in [4.69, 9.17) is 4.74 Å². The summed E-state index contributed by atoms with van der Waals surface area (Å²) in [6, 6.07) is 7.17. The molecule has 0 aliphatic heterocycles. The monoisotopic (exact) mass is 268 g/mol. The first-order valence-corrected chi connectivity index (χ1v) is 5.62. The number of pyridine rings is 1. The number of aromatic nitrogens is 1. The van der Waals surface area contributed by atoms with E-state index in [2.05, 4.69) is 10.3 Å². The molecule has 0 spiro atoms. The fraction of sp³-hybridized carbons (Fsp3) is 0.154. The maximum absolute atomic E-state index is 13.5. The molecule has 6 heteroatoms. The van der Waals surface area contributed by atoms with Gasteiger partial charge in [0.15, 0.2) is 17.5 Å². The maximum atomic E-state index is 13.5. The van der Waals surface area contributed by atoms with Crippen LogP contribution in [0.5, 0.6) is 5.75 Å². The molecule has 0 atom stereocenters. The molecule has 0 unspecified atom stereocenters. The van der Waals surface area contributed by atoms with Gasteiger partial charge < -0.3 is 10.1 Å². The molecule has 0 aliphatic carbocycles. The summed E-state index contributed by atoms with van der Waals surface area (Å²) in [4.78, 5) is 3.19. The molecule has 0 amide bonds. The summed E-state index contributed by atoms with van der Waals surface area (Å²) in [5, 5.41) is 2.58. The Balaban J connectivity index is 2.33. The maximum Gasteiger partial charge on any atom is 0.251 e. The molecule has 0 radical (unpaired) electrons. The van der Waals surface area contributed by atoms with Crippen LogP contribution < -0.4 is 10.1 Å². The molecular formula is C13H11F3N2O. The predicted molar refractivity (Wildman–Crippen MR) is 65.0 cm³/mol. The topological polar surface area (TPSA) is 34.1 Å². The highest BCUT2D eigenvalue weighted by molar-refractivity contribution is 5.64.